The van der Waals surface area contributed by atoms with E-state index in [0.29, 0.717) is 0 Å². The van der Waals surface area contributed by atoms with Gasteiger partial charge in [-0.25, -0.2) is 13.8 Å². The molecular weight excluding hydrogens is 324 g/mol. The van der Waals surface area contributed by atoms with Crippen molar-refractivity contribution in [3.05, 3.63) is 53.3 Å². The number of halogens is 2. The van der Waals surface area contributed by atoms with Gasteiger partial charge in [0.1, 0.15) is 11.7 Å². The normalized spacial score (nSPS) is 28.2. The van der Waals surface area contributed by atoms with Crippen molar-refractivity contribution in [3.63, 3.8) is 0 Å². The van der Waals surface area contributed by atoms with Crippen LogP contribution in [-0.4, -0.2) is 25.1 Å². The first-order chi connectivity index (χ1) is 12.1. The van der Waals surface area contributed by atoms with Crippen molar-refractivity contribution in [1.29, 1.82) is 0 Å². The zero-order valence-corrected chi connectivity index (χ0v) is 14.3. The van der Waals surface area contributed by atoms with Gasteiger partial charge < -0.3 is 10.1 Å². The molecule has 0 aromatic heterocycles. The summed E-state index contributed by atoms with van der Waals surface area (Å²) < 4.78 is 33.1. The van der Waals surface area contributed by atoms with Crippen molar-refractivity contribution < 1.29 is 13.5 Å². The summed E-state index contributed by atoms with van der Waals surface area (Å²) in [6.07, 6.45) is 2.54. The van der Waals surface area contributed by atoms with Crippen LogP contribution in [0.25, 0.3) is 0 Å². The van der Waals surface area contributed by atoms with Gasteiger partial charge in [-0.05, 0) is 24.1 Å². The number of allylic oxidation sites excluding steroid dienone is 1. The molecule has 0 fully saturated rings. The second-order valence-electron chi connectivity index (χ2n) is 6.64. The van der Waals surface area contributed by atoms with E-state index in [0.717, 1.165) is 23.4 Å². The van der Waals surface area contributed by atoms with E-state index in [1.54, 1.807) is 7.11 Å². The molecule has 0 amide bonds. The van der Waals surface area contributed by atoms with E-state index in [1.165, 1.54) is 5.56 Å². The molecular formula is C19H21F2N3O. The van der Waals surface area contributed by atoms with Crippen molar-refractivity contribution in [2.24, 2.45) is 11.0 Å². The third kappa shape index (κ3) is 2.65. The Kier molecular flexibility index (Phi) is 4.07. The minimum Gasteiger partial charge on any atom is -0.387 e. The average molecular weight is 345 g/mol. The highest BCUT2D eigenvalue weighted by atomic mass is 19.2. The number of anilines is 1. The Morgan fingerprint density at radius 3 is 2.60 bits per heavy atom. The van der Waals surface area contributed by atoms with Crippen LogP contribution in [0.4, 0.5) is 14.5 Å². The molecule has 1 aromatic rings. The van der Waals surface area contributed by atoms with Crippen molar-refractivity contribution >= 4 is 11.4 Å². The number of fused-ring (bicyclic) bond motifs is 3. The molecule has 3 atom stereocenters. The number of ether oxygens (including phenoxy) is 1. The maximum absolute atomic E-state index is 13.8. The number of nitrogens with zero attached hydrogens (tertiary/aromatic N) is 2. The lowest BCUT2D eigenvalue weighted by Gasteiger charge is -2.34. The molecule has 4 rings (SSSR count). The monoisotopic (exact) mass is 345 g/mol. The SMILES string of the molecule is CCc1ccc(N2N=C3C(=CNC4CC(F)=C(F)C[C@@H]34)C2OC)cc1. The van der Waals surface area contributed by atoms with Gasteiger partial charge in [0.25, 0.3) is 0 Å². The van der Waals surface area contributed by atoms with Gasteiger partial charge in [-0.15, -0.1) is 0 Å². The Balaban J connectivity index is 1.69. The van der Waals surface area contributed by atoms with E-state index >= 15 is 0 Å². The van der Waals surface area contributed by atoms with Crippen LogP contribution >= 0.6 is 0 Å². The van der Waals surface area contributed by atoms with Crippen LogP contribution in [0.15, 0.2) is 52.8 Å². The smallest absolute Gasteiger partial charge is 0.179 e. The standard InChI is InChI=1S/C19H21F2N3O/c1-3-11-4-6-12(7-5-11)24-19(25-2)14-10-22-17-9-16(21)15(20)8-13(17)18(14)23-24/h4-7,10,13,17,19,22H,3,8-9H2,1-2H3/t13-,17?,19?/m1/s1. The third-order valence-electron chi connectivity index (χ3n) is 5.21. The Hall–Kier alpha value is -2.21. The van der Waals surface area contributed by atoms with Gasteiger partial charge in [-0.1, -0.05) is 19.1 Å². The van der Waals surface area contributed by atoms with E-state index in [4.69, 9.17) is 9.84 Å². The maximum atomic E-state index is 13.8. The van der Waals surface area contributed by atoms with Gasteiger partial charge in [-0.2, -0.15) is 5.10 Å². The summed E-state index contributed by atoms with van der Waals surface area (Å²) in [5, 5.41) is 9.76. The summed E-state index contributed by atoms with van der Waals surface area (Å²) in [5.74, 6) is -1.50. The van der Waals surface area contributed by atoms with Crippen LogP contribution in [0.2, 0.25) is 0 Å². The first-order valence-electron chi connectivity index (χ1n) is 8.61. The molecule has 1 N–H and O–H groups in total. The van der Waals surface area contributed by atoms with Crippen LogP contribution < -0.4 is 10.3 Å². The number of methoxy groups -OCH3 is 1. The molecule has 0 spiro atoms. The van der Waals surface area contributed by atoms with Crippen LogP contribution in [-0.2, 0) is 11.2 Å². The van der Waals surface area contributed by atoms with E-state index in [9.17, 15) is 8.78 Å². The quantitative estimate of drug-likeness (QED) is 0.905. The van der Waals surface area contributed by atoms with Gasteiger partial charge in [0, 0.05) is 43.7 Å². The minimum absolute atomic E-state index is 0.0404. The summed E-state index contributed by atoms with van der Waals surface area (Å²) in [6.45, 7) is 2.11. The van der Waals surface area contributed by atoms with Crippen molar-refractivity contribution in [1.82, 2.24) is 5.32 Å². The minimum atomic E-state index is -0.660. The molecule has 2 unspecified atom stereocenters. The topological polar surface area (TPSA) is 36.9 Å². The number of hydrazone groups is 1. The predicted molar refractivity (Wildman–Crippen MR) is 93.5 cm³/mol. The molecule has 0 radical (unpaired) electrons. The van der Waals surface area contributed by atoms with Crippen LogP contribution in [0.1, 0.15) is 25.3 Å². The Bertz CT molecular complexity index is 769. The molecule has 25 heavy (non-hydrogen) atoms. The Morgan fingerprint density at radius 2 is 1.92 bits per heavy atom. The van der Waals surface area contributed by atoms with Crippen molar-refractivity contribution in [3.8, 4) is 0 Å². The lowest BCUT2D eigenvalue weighted by molar-refractivity contribution is 0.136. The second-order valence-corrected chi connectivity index (χ2v) is 6.64. The highest BCUT2D eigenvalue weighted by molar-refractivity contribution is 6.07. The van der Waals surface area contributed by atoms with Gasteiger partial charge >= 0.3 is 0 Å². The molecule has 0 saturated heterocycles. The summed E-state index contributed by atoms with van der Waals surface area (Å²) in [7, 11) is 1.63. The van der Waals surface area contributed by atoms with Crippen LogP contribution in [0, 0.1) is 5.92 Å². The summed E-state index contributed by atoms with van der Waals surface area (Å²) in [5.41, 5.74) is 3.84. The van der Waals surface area contributed by atoms with E-state index in [2.05, 4.69) is 24.4 Å². The van der Waals surface area contributed by atoms with Crippen LogP contribution in [0.3, 0.4) is 0 Å². The number of benzene rings is 1. The van der Waals surface area contributed by atoms with Gasteiger partial charge in [-0.3, -0.25) is 0 Å². The Labute approximate surface area is 145 Å². The predicted octanol–water partition coefficient (Wildman–Crippen LogP) is 3.81. The number of rotatable bonds is 3. The zero-order chi connectivity index (χ0) is 17.6. The molecule has 6 heteroatoms. The fourth-order valence-electron chi connectivity index (χ4n) is 3.77. The van der Waals surface area contributed by atoms with Gasteiger partial charge in [0.05, 0.1) is 11.4 Å². The molecule has 2 heterocycles. The molecule has 4 nitrogen and oxygen atoms in total. The molecule has 3 aliphatic rings. The van der Waals surface area contributed by atoms with Gasteiger partial charge in [0.15, 0.2) is 6.23 Å². The summed E-state index contributed by atoms with van der Waals surface area (Å²) in [6, 6.07) is 8.00. The van der Waals surface area contributed by atoms with Crippen molar-refractivity contribution in [2.75, 3.05) is 12.1 Å². The first kappa shape index (κ1) is 16.3. The average Bonchev–Trinajstić information content (AvgIpc) is 3.02. The summed E-state index contributed by atoms with van der Waals surface area (Å²) in [4.78, 5) is 0. The number of aryl methyl sites for hydroxylation is 1. The first-order valence-corrected chi connectivity index (χ1v) is 8.61. The van der Waals surface area contributed by atoms with Crippen molar-refractivity contribution in [2.45, 2.75) is 38.5 Å². The molecule has 1 aliphatic carbocycles. The number of hydrogen-bond acceptors (Lipinski definition) is 4. The fraction of sp³-hybridized carbons (Fsp3) is 0.421. The van der Waals surface area contributed by atoms with Gasteiger partial charge in [0.2, 0.25) is 0 Å². The molecule has 1 aromatic carbocycles. The maximum Gasteiger partial charge on any atom is 0.179 e. The van der Waals surface area contributed by atoms with E-state index in [1.807, 2.05) is 23.3 Å². The number of nitrogens with one attached hydrogen (secondary N) is 1. The molecule has 0 saturated carbocycles. The highest BCUT2D eigenvalue weighted by Crippen LogP contribution is 2.40. The molecule has 132 valence electrons. The fourth-order valence-corrected chi connectivity index (χ4v) is 3.77. The molecule has 0 bridgehead atoms. The van der Waals surface area contributed by atoms with E-state index < -0.39 is 11.7 Å². The molecule has 2 aliphatic heterocycles. The largest absolute Gasteiger partial charge is 0.387 e. The highest BCUT2D eigenvalue weighted by Gasteiger charge is 2.44. The zero-order valence-electron chi connectivity index (χ0n) is 14.3. The summed E-state index contributed by atoms with van der Waals surface area (Å²) >= 11 is 0. The van der Waals surface area contributed by atoms with Crippen LogP contribution in [0.5, 0.6) is 0 Å². The second kappa shape index (κ2) is 6.26. The third-order valence-corrected chi connectivity index (χ3v) is 5.21. The van der Waals surface area contributed by atoms with E-state index in [-0.39, 0.29) is 31.0 Å². The lowest BCUT2D eigenvalue weighted by atomic mass is 9.79. The lowest BCUT2D eigenvalue weighted by Crippen LogP contribution is -2.45. The Morgan fingerprint density at radius 1 is 1.20 bits per heavy atom. The number of hydrogen-bond donors (Lipinski definition) is 1.